The number of hydrogen-bond donors (Lipinski definition) is 2. The molecule has 3 rings (SSSR count). The van der Waals surface area contributed by atoms with Crippen molar-refractivity contribution < 1.29 is 19.0 Å². The van der Waals surface area contributed by atoms with Crippen LogP contribution < -0.4 is 10.1 Å². The number of nitrogens with one attached hydrogen (secondary N) is 1. The number of amides is 1. The van der Waals surface area contributed by atoms with Gasteiger partial charge in [-0.15, -0.1) is 0 Å². The molecule has 28 heavy (non-hydrogen) atoms. The number of hydrogen-bond acceptors (Lipinski definition) is 4. The van der Waals surface area contributed by atoms with E-state index >= 15 is 0 Å². The number of benzene rings is 2. The molecule has 2 N–H and O–H groups in total. The fourth-order valence-electron chi connectivity index (χ4n) is 3.64. The largest absolute Gasteiger partial charge is 0.496 e. The van der Waals surface area contributed by atoms with Crippen LogP contribution in [0.15, 0.2) is 42.5 Å². The van der Waals surface area contributed by atoms with Crippen molar-refractivity contribution in [2.45, 2.75) is 12.8 Å². The first kappa shape index (κ1) is 20.3. The zero-order chi connectivity index (χ0) is 19.9. The monoisotopic (exact) mass is 386 g/mol. The molecule has 1 fully saturated rings. The molecule has 6 heteroatoms. The van der Waals surface area contributed by atoms with Crippen LogP contribution in [0.25, 0.3) is 11.1 Å². The maximum atomic E-state index is 13.6. The number of aliphatic hydroxyl groups excluding tert-OH is 1. The fourth-order valence-corrected chi connectivity index (χ4v) is 3.64. The van der Waals surface area contributed by atoms with Gasteiger partial charge in [-0.2, -0.15) is 0 Å². The Morgan fingerprint density at radius 1 is 1.29 bits per heavy atom. The van der Waals surface area contributed by atoms with E-state index in [9.17, 15) is 14.3 Å². The van der Waals surface area contributed by atoms with E-state index in [1.165, 1.54) is 12.1 Å². The smallest absolute Gasteiger partial charge is 0.251 e. The van der Waals surface area contributed by atoms with E-state index in [0.717, 1.165) is 38.0 Å². The molecule has 0 saturated carbocycles. The van der Waals surface area contributed by atoms with Gasteiger partial charge in [-0.1, -0.05) is 12.1 Å². The zero-order valence-electron chi connectivity index (χ0n) is 16.2. The van der Waals surface area contributed by atoms with Gasteiger partial charge in [0.2, 0.25) is 0 Å². The zero-order valence-corrected chi connectivity index (χ0v) is 16.2. The highest BCUT2D eigenvalue weighted by Gasteiger charge is 2.18. The number of nitrogens with zero attached hydrogens (tertiary/aromatic N) is 1. The highest BCUT2D eigenvalue weighted by atomic mass is 19.1. The second kappa shape index (κ2) is 9.66. The van der Waals surface area contributed by atoms with Crippen LogP contribution in [0.1, 0.15) is 23.2 Å². The summed E-state index contributed by atoms with van der Waals surface area (Å²) in [6, 6.07) is 11.4. The minimum Gasteiger partial charge on any atom is -0.496 e. The molecule has 2 aromatic rings. The van der Waals surface area contributed by atoms with Gasteiger partial charge in [0.15, 0.2) is 0 Å². The molecule has 1 heterocycles. The van der Waals surface area contributed by atoms with Crippen molar-refractivity contribution in [3.63, 3.8) is 0 Å². The molecule has 1 amide bonds. The van der Waals surface area contributed by atoms with Crippen LogP contribution in [0.2, 0.25) is 0 Å². The Labute approximate surface area is 165 Å². The van der Waals surface area contributed by atoms with Crippen LogP contribution in [-0.4, -0.2) is 55.8 Å². The van der Waals surface area contributed by atoms with Crippen molar-refractivity contribution >= 4 is 5.91 Å². The lowest BCUT2D eigenvalue weighted by Gasteiger charge is -2.31. The second-order valence-corrected chi connectivity index (χ2v) is 7.17. The van der Waals surface area contributed by atoms with Gasteiger partial charge >= 0.3 is 0 Å². The van der Waals surface area contributed by atoms with E-state index in [1.807, 2.05) is 0 Å². The van der Waals surface area contributed by atoms with Gasteiger partial charge in [-0.05, 0) is 61.2 Å². The molecular weight excluding hydrogens is 359 g/mol. The van der Waals surface area contributed by atoms with Gasteiger partial charge in [0.1, 0.15) is 11.6 Å². The summed E-state index contributed by atoms with van der Waals surface area (Å²) in [6.45, 7) is 3.47. The average molecular weight is 386 g/mol. The van der Waals surface area contributed by atoms with Crippen LogP contribution in [-0.2, 0) is 0 Å². The molecule has 2 aromatic carbocycles. The van der Waals surface area contributed by atoms with E-state index in [0.29, 0.717) is 29.3 Å². The Hall–Kier alpha value is -2.44. The Morgan fingerprint density at radius 3 is 2.79 bits per heavy atom. The van der Waals surface area contributed by atoms with Crippen LogP contribution in [0.4, 0.5) is 4.39 Å². The van der Waals surface area contributed by atoms with Crippen molar-refractivity contribution in [2.75, 3.05) is 39.9 Å². The van der Waals surface area contributed by atoms with Gasteiger partial charge < -0.3 is 20.1 Å². The molecule has 0 spiro atoms. The summed E-state index contributed by atoms with van der Waals surface area (Å²) >= 11 is 0. The summed E-state index contributed by atoms with van der Waals surface area (Å²) in [5, 5.41) is 12.2. The summed E-state index contributed by atoms with van der Waals surface area (Å²) < 4.78 is 18.9. The van der Waals surface area contributed by atoms with Crippen LogP contribution in [0.3, 0.4) is 0 Å². The maximum Gasteiger partial charge on any atom is 0.251 e. The summed E-state index contributed by atoms with van der Waals surface area (Å²) in [7, 11) is 1.55. The topological polar surface area (TPSA) is 61.8 Å². The number of carbonyl (C=O) groups is 1. The minimum atomic E-state index is -0.334. The lowest BCUT2D eigenvalue weighted by atomic mass is 9.99. The lowest BCUT2D eigenvalue weighted by molar-refractivity contribution is 0.0930. The molecular formula is C22H27FN2O3. The quantitative estimate of drug-likeness (QED) is 0.768. The van der Waals surface area contributed by atoms with Gasteiger partial charge in [0.25, 0.3) is 5.91 Å². The fraction of sp³-hybridized carbons (Fsp3) is 0.409. The summed E-state index contributed by atoms with van der Waals surface area (Å²) in [5.74, 6) is 0.463. The third-order valence-corrected chi connectivity index (χ3v) is 5.19. The summed E-state index contributed by atoms with van der Waals surface area (Å²) in [5.41, 5.74) is 2.00. The van der Waals surface area contributed by atoms with Crippen molar-refractivity contribution in [3.8, 4) is 16.9 Å². The van der Waals surface area contributed by atoms with Crippen LogP contribution >= 0.6 is 0 Å². The number of rotatable bonds is 7. The third kappa shape index (κ3) is 5.09. The Balaban J connectivity index is 1.56. The lowest BCUT2D eigenvalue weighted by Crippen LogP contribution is -2.41. The number of ether oxygens (including phenoxy) is 1. The van der Waals surface area contributed by atoms with E-state index in [2.05, 4.69) is 10.2 Å². The number of aliphatic hydroxyl groups is 1. The Morgan fingerprint density at radius 2 is 2.07 bits per heavy atom. The molecule has 1 saturated heterocycles. The van der Waals surface area contributed by atoms with Gasteiger partial charge in [-0.25, -0.2) is 4.39 Å². The van der Waals surface area contributed by atoms with Crippen molar-refractivity contribution in [2.24, 2.45) is 5.92 Å². The van der Waals surface area contributed by atoms with Crippen LogP contribution in [0, 0.1) is 11.7 Å². The number of piperidine rings is 1. The molecule has 1 aliphatic rings. The molecule has 0 unspecified atom stereocenters. The Bertz CT molecular complexity index is 795. The predicted octanol–water partition coefficient (Wildman–Crippen LogP) is 2.94. The molecule has 0 radical (unpaired) electrons. The molecule has 0 bridgehead atoms. The molecule has 1 aliphatic heterocycles. The first-order valence-corrected chi connectivity index (χ1v) is 9.66. The number of carbonyl (C=O) groups excluding carboxylic acids is 1. The summed E-state index contributed by atoms with van der Waals surface area (Å²) in [4.78, 5) is 14.7. The number of likely N-dealkylation sites (tertiary alicyclic amines) is 1. The Kier molecular flexibility index (Phi) is 7.01. The minimum absolute atomic E-state index is 0.131. The number of halogens is 1. The highest BCUT2D eigenvalue weighted by Crippen LogP contribution is 2.30. The van der Waals surface area contributed by atoms with Gasteiger partial charge in [0, 0.05) is 37.4 Å². The first-order chi connectivity index (χ1) is 13.6. The van der Waals surface area contributed by atoms with Crippen LogP contribution in [0.5, 0.6) is 5.75 Å². The van der Waals surface area contributed by atoms with Gasteiger partial charge in [0.05, 0.1) is 7.11 Å². The highest BCUT2D eigenvalue weighted by molar-refractivity contribution is 5.94. The molecule has 5 nitrogen and oxygen atoms in total. The maximum absolute atomic E-state index is 13.6. The summed E-state index contributed by atoms with van der Waals surface area (Å²) in [6.07, 6.45) is 2.16. The van der Waals surface area contributed by atoms with E-state index in [1.54, 1.807) is 37.4 Å². The van der Waals surface area contributed by atoms with Crippen molar-refractivity contribution in [3.05, 3.63) is 53.8 Å². The average Bonchev–Trinajstić information content (AvgIpc) is 2.74. The third-order valence-electron chi connectivity index (χ3n) is 5.19. The first-order valence-electron chi connectivity index (χ1n) is 9.66. The molecule has 0 aliphatic carbocycles. The number of methoxy groups -OCH3 is 1. The van der Waals surface area contributed by atoms with E-state index in [-0.39, 0.29) is 18.3 Å². The second-order valence-electron chi connectivity index (χ2n) is 7.17. The molecule has 0 aromatic heterocycles. The molecule has 150 valence electrons. The normalized spacial score (nSPS) is 17.3. The van der Waals surface area contributed by atoms with E-state index in [4.69, 9.17) is 4.74 Å². The SMILES string of the molecule is COc1ccc(F)cc1-c1ccc(C(=O)NCCN2CCC[C@H](CO)C2)cc1. The predicted molar refractivity (Wildman–Crippen MR) is 107 cm³/mol. The van der Waals surface area contributed by atoms with Crippen molar-refractivity contribution in [1.82, 2.24) is 10.2 Å². The van der Waals surface area contributed by atoms with Crippen molar-refractivity contribution in [1.29, 1.82) is 0 Å². The van der Waals surface area contributed by atoms with E-state index < -0.39 is 0 Å². The van der Waals surface area contributed by atoms with Gasteiger partial charge in [-0.3, -0.25) is 4.79 Å². The molecule has 1 atom stereocenters. The standard InChI is InChI=1S/C22H27FN2O3/c1-28-21-9-8-19(23)13-20(21)17-4-6-18(7-5-17)22(27)24-10-12-25-11-2-3-16(14-25)15-26/h4-9,13,16,26H,2-3,10-12,14-15H2,1H3,(H,24,27)/t16-/m0/s1.